The van der Waals surface area contributed by atoms with E-state index in [1.165, 1.54) is 36.3 Å². The monoisotopic (exact) mass is 379 g/mol. The molecule has 0 saturated heterocycles. The molecule has 1 aromatic heterocycles. The zero-order chi connectivity index (χ0) is 18.0. The van der Waals surface area contributed by atoms with E-state index >= 15 is 0 Å². The number of hydrogen-bond acceptors (Lipinski definition) is 6. The first-order valence-electron chi connectivity index (χ1n) is 7.45. The predicted octanol–water partition coefficient (Wildman–Crippen LogP) is 3.19. The van der Waals surface area contributed by atoms with E-state index in [9.17, 15) is 9.18 Å². The van der Waals surface area contributed by atoms with Gasteiger partial charge in [0, 0.05) is 29.4 Å². The first-order chi connectivity index (χ1) is 11.9. The molecular weight excluding hydrogens is 365 g/mol. The molecule has 0 fully saturated rings. The lowest BCUT2D eigenvalue weighted by Gasteiger charge is -2.30. The van der Waals surface area contributed by atoms with Crippen molar-refractivity contribution in [1.29, 1.82) is 0 Å². The summed E-state index contributed by atoms with van der Waals surface area (Å²) in [6.45, 7) is 1.82. The van der Waals surface area contributed by atoms with Crippen molar-refractivity contribution in [3.05, 3.63) is 52.8 Å². The quantitative estimate of drug-likeness (QED) is 0.854. The van der Waals surface area contributed by atoms with Crippen molar-refractivity contribution in [2.24, 2.45) is 10.7 Å². The number of thioether (sulfide) groups is 1. The maximum atomic E-state index is 14.4. The Kier molecular flexibility index (Phi) is 4.91. The molecule has 0 radical (unpaired) electrons. The molecule has 6 nitrogen and oxygen atoms in total. The van der Waals surface area contributed by atoms with E-state index in [4.69, 9.17) is 17.3 Å². The molecule has 2 heterocycles. The summed E-state index contributed by atoms with van der Waals surface area (Å²) in [5.74, 6) is -0.179. The molecule has 1 amide bonds. The highest BCUT2D eigenvalue weighted by molar-refractivity contribution is 8.13. The summed E-state index contributed by atoms with van der Waals surface area (Å²) in [7, 11) is 0. The summed E-state index contributed by atoms with van der Waals surface area (Å²) in [5, 5.41) is 3.08. The minimum atomic E-state index is -0.773. The summed E-state index contributed by atoms with van der Waals surface area (Å²) in [6.07, 6.45) is 3.40. The lowest BCUT2D eigenvalue weighted by atomic mass is 9.89. The van der Waals surface area contributed by atoms with E-state index in [1.807, 2.05) is 6.92 Å². The van der Waals surface area contributed by atoms with Gasteiger partial charge < -0.3 is 11.1 Å². The van der Waals surface area contributed by atoms with E-state index in [1.54, 1.807) is 6.07 Å². The highest BCUT2D eigenvalue weighted by Gasteiger charge is 2.32. The molecule has 3 rings (SSSR count). The van der Waals surface area contributed by atoms with Crippen LogP contribution in [0.1, 0.15) is 29.4 Å². The van der Waals surface area contributed by atoms with Crippen LogP contribution in [-0.2, 0) is 5.54 Å². The van der Waals surface area contributed by atoms with Gasteiger partial charge >= 0.3 is 0 Å². The summed E-state index contributed by atoms with van der Waals surface area (Å²) in [4.78, 5) is 24.4. The molecule has 3 N–H and O–H groups in total. The maximum absolute atomic E-state index is 14.4. The second kappa shape index (κ2) is 6.97. The first-order valence-corrected chi connectivity index (χ1v) is 8.81. The third-order valence-electron chi connectivity index (χ3n) is 3.87. The smallest absolute Gasteiger partial charge is 0.277 e. The third-order valence-corrected chi connectivity index (χ3v) is 4.94. The second-order valence-corrected chi connectivity index (χ2v) is 7.14. The van der Waals surface area contributed by atoms with Crippen molar-refractivity contribution in [3.63, 3.8) is 0 Å². The Morgan fingerprint density at radius 1 is 1.40 bits per heavy atom. The van der Waals surface area contributed by atoms with Gasteiger partial charge in [0.1, 0.15) is 5.82 Å². The second-order valence-electron chi connectivity index (χ2n) is 5.67. The lowest BCUT2D eigenvalue weighted by molar-refractivity contribution is 0.102. The number of aromatic nitrogens is 2. The van der Waals surface area contributed by atoms with Crippen LogP contribution >= 0.6 is 23.4 Å². The minimum Gasteiger partial charge on any atom is -0.379 e. The number of nitrogens with zero attached hydrogens (tertiary/aromatic N) is 3. The Morgan fingerprint density at radius 3 is 2.88 bits per heavy atom. The molecule has 2 aromatic rings. The minimum absolute atomic E-state index is 0.00224. The van der Waals surface area contributed by atoms with Gasteiger partial charge in [-0.25, -0.2) is 14.4 Å². The van der Waals surface area contributed by atoms with E-state index in [-0.39, 0.29) is 10.8 Å². The topological polar surface area (TPSA) is 93.3 Å². The average molecular weight is 380 g/mol. The number of anilines is 1. The van der Waals surface area contributed by atoms with Gasteiger partial charge in [-0.05, 0) is 31.5 Å². The SMILES string of the molecule is C[C@@]1(c2cc(NC(=O)c3nccnc3Cl)ccc2F)CCSC(N)=N1. The van der Waals surface area contributed by atoms with Gasteiger partial charge in [0.05, 0.1) is 5.54 Å². The van der Waals surface area contributed by atoms with Crippen molar-refractivity contribution in [2.45, 2.75) is 18.9 Å². The number of aliphatic imine (C=N–C) groups is 1. The molecule has 0 saturated carbocycles. The molecule has 1 aliphatic heterocycles. The molecule has 9 heteroatoms. The molecule has 1 aromatic carbocycles. The number of rotatable bonds is 3. The number of hydrogen-bond donors (Lipinski definition) is 2. The zero-order valence-electron chi connectivity index (χ0n) is 13.3. The van der Waals surface area contributed by atoms with Gasteiger partial charge in [0.2, 0.25) is 0 Å². The number of carbonyl (C=O) groups excluding carboxylic acids is 1. The Labute approximate surface area is 153 Å². The van der Waals surface area contributed by atoms with Gasteiger partial charge in [-0.3, -0.25) is 9.79 Å². The summed E-state index contributed by atoms with van der Waals surface area (Å²) in [6, 6.07) is 4.32. The van der Waals surface area contributed by atoms with Crippen LogP contribution in [0.4, 0.5) is 10.1 Å². The number of nitrogens with one attached hydrogen (secondary N) is 1. The Balaban J connectivity index is 1.91. The Hall–Kier alpha value is -2.19. The highest BCUT2D eigenvalue weighted by atomic mass is 35.5. The number of halogens is 2. The molecule has 1 aliphatic rings. The molecule has 0 unspecified atom stereocenters. The molecule has 1 atom stereocenters. The van der Waals surface area contributed by atoms with Crippen molar-refractivity contribution in [1.82, 2.24) is 9.97 Å². The van der Waals surface area contributed by atoms with Crippen molar-refractivity contribution >= 4 is 40.1 Å². The zero-order valence-corrected chi connectivity index (χ0v) is 14.9. The summed E-state index contributed by atoms with van der Waals surface area (Å²) >= 11 is 7.31. The largest absolute Gasteiger partial charge is 0.379 e. The molecule has 25 heavy (non-hydrogen) atoms. The summed E-state index contributed by atoms with van der Waals surface area (Å²) < 4.78 is 14.4. The van der Waals surface area contributed by atoms with Crippen LogP contribution < -0.4 is 11.1 Å². The molecule has 130 valence electrons. The van der Waals surface area contributed by atoms with E-state index in [0.29, 0.717) is 22.8 Å². The van der Waals surface area contributed by atoms with Gasteiger partial charge in [-0.15, -0.1) is 0 Å². The first kappa shape index (κ1) is 17.6. The molecule has 0 bridgehead atoms. The normalized spacial score (nSPS) is 20.0. The van der Waals surface area contributed by atoms with Crippen molar-refractivity contribution in [2.75, 3.05) is 11.1 Å². The van der Waals surface area contributed by atoms with Crippen LogP contribution in [0.15, 0.2) is 35.6 Å². The number of amides is 1. The van der Waals surface area contributed by atoms with Crippen LogP contribution in [0, 0.1) is 5.82 Å². The van der Waals surface area contributed by atoms with Crippen molar-refractivity contribution < 1.29 is 9.18 Å². The number of benzene rings is 1. The van der Waals surface area contributed by atoms with Crippen LogP contribution in [0.3, 0.4) is 0 Å². The fraction of sp³-hybridized carbons (Fsp3) is 0.250. The van der Waals surface area contributed by atoms with E-state index < -0.39 is 17.3 Å². The molecule has 0 spiro atoms. The number of nitrogens with two attached hydrogens (primary N) is 1. The molecular formula is C16H15ClFN5OS. The van der Waals surface area contributed by atoms with Crippen LogP contribution in [0.2, 0.25) is 5.15 Å². The average Bonchev–Trinajstić information content (AvgIpc) is 2.56. The van der Waals surface area contributed by atoms with Crippen LogP contribution in [-0.4, -0.2) is 26.8 Å². The van der Waals surface area contributed by atoms with E-state index in [2.05, 4.69) is 20.3 Å². The van der Waals surface area contributed by atoms with Gasteiger partial charge in [-0.2, -0.15) is 0 Å². The standard InChI is InChI=1S/C16H15ClFN5OS/c1-16(4-7-25-15(19)23-16)10-8-9(2-3-11(10)18)22-14(24)12-13(17)21-6-5-20-12/h2-3,5-6,8H,4,7H2,1H3,(H2,19,23)(H,22,24)/t16-/m0/s1. The van der Waals surface area contributed by atoms with Crippen LogP contribution in [0.5, 0.6) is 0 Å². The maximum Gasteiger partial charge on any atom is 0.277 e. The highest BCUT2D eigenvalue weighted by Crippen LogP contribution is 2.37. The van der Waals surface area contributed by atoms with Gasteiger partial charge in [0.15, 0.2) is 16.0 Å². The predicted molar refractivity (Wildman–Crippen MR) is 97.4 cm³/mol. The summed E-state index contributed by atoms with van der Waals surface area (Å²) in [5.41, 5.74) is 5.81. The Bertz CT molecular complexity index is 862. The van der Waals surface area contributed by atoms with Crippen molar-refractivity contribution in [3.8, 4) is 0 Å². The fourth-order valence-corrected chi connectivity index (χ4v) is 3.73. The fourth-order valence-electron chi connectivity index (χ4n) is 2.56. The van der Waals surface area contributed by atoms with Crippen LogP contribution in [0.25, 0.3) is 0 Å². The number of amidine groups is 1. The van der Waals surface area contributed by atoms with Gasteiger partial charge in [-0.1, -0.05) is 23.4 Å². The van der Waals surface area contributed by atoms with Gasteiger partial charge in [0.25, 0.3) is 5.91 Å². The third kappa shape index (κ3) is 3.74. The number of carbonyl (C=O) groups is 1. The Morgan fingerprint density at radius 2 is 2.16 bits per heavy atom. The van der Waals surface area contributed by atoms with E-state index in [0.717, 1.165) is 5.75 Å². The lowest BCUT2D eigenvalue weighted by Crippen LogP contribution is -2.29. The molecule has 0 aliphatic carbocycles.